The first-order valence-corrected chi connectivity index (χ1v) is 9.34. The lowest BCUT2D eigenvalue weighted by Gasteiger charge is -2.38. The van der Waals surface area contributed by atoms with E-state index in [0.717, 1.165) is 30.3 Å². The molecule has 0 spiro atoms. The molecule has 1 aliphatic rings. The summed E-state index contributed by atoms with van der Waals surface area (Å²) in [6, 6.07) is 7.18. The van der Waals surface area contributed by atoms with Crippen molar-refractivity contribution in [3.05, 3.63) is 40.4 Å². The SMILES string of the molecule is CCc1ccc2ncn(CC[C@@H]3CCCCN3C(C)C)c(=O)c2c1. The summed E-state index contributed by atoms with van der Waals surface area (Å²) in [7, 11) is 0. The minimum absolute atomic E-state index is 0.0993. The monoisotopic (exact) mass is 327 g/mol. The van der Waals surface area contributed by atoms with E-state index in [1.54, 1.807) is 10.9 Å². The van der Waals surface area contributed by atoms with E-state index in [4.69, 9.17) is 0 Å². The van der Waals surface area contributed by atoms with Crippen molar-refractivity contribution in [2.75, 3.05) is 6.54 Å². The fraction of sp³-hybridized carbons (Fsp3) is 0.600. The third-order valence-electron chi connectivity index (χ3n) is 5.34. The zero-order valence-corrected chi connectivity index (χ0v) is 15.2. The molecular weight excluding hydrogens is 298 g/mol. The van der Waals surface area contributed by atoms with Crippen LogP contribution in [0, 0.1) is 0 Å². The predicted octanol–water partition coefficient (Wildman–Crippen LogP) is 3.61. The molecule has 0 unspecified atom stereocenters. The summed E-state index contributed by atoms with van der Waals surface area (Å²) in [4.78, 5) is 19.9. The maximum atomic E-state index is 12.8. The zero-order valence-electron chi connectivity index (χ0n) is 15.2. The van der Waals surface area contributed by atoms with Crippen molar-refractivity contribution in [2.24, 2.45) is 0 Å². The maximum Gasteiger partial charge on any atom is 0.261 e. The molecule has 2 heterocycles. The molecule has 1 saturated heterocycles. The van der Waals surface area contributed by atoms with E-state index in [1.165, 1.54) is 31.4 Å². The lowest BCUT2D eigenvalue weighted by atomic mass is 9.97. The van der Waals surface area contributed by atoms with Crippen LogP contribution in [-0.4, -0.2) is 33.1 Å². The minimum Gasteiger partial charge on any atom is -0.299 e. The van der Waals surface area contributed by atoms with Crippen LogP contribution in [0.2, 0.25) is 0 Å². The second-order valence-electron chi connectivity index (χ2n) is 7.22. The van der Waals surface area contributed by atoms with Gasteiger partial charge in [-0.2, -0.15) is 0 Å². The molecule has 0 amide bonds. The molecule has 1 aliphatic heterocycles. The van der Waals surface area contributed by atoms with E-state index >= 15 is 0 Å². The molecule has 0 saturated carbocycles. The molecular formula is C20H29N3O. The molecule has 3 rings (SSSR count). The van der Waals surface area contributed by atoms with Crippen molar-refractivity contribution in [1.29, 1.82) is 0 Å². The molecule has 2 aromatic rings. The molecule has 0 N–H and O–H groups in total. The van der Waals surface area contributed by atoms with Crippen LogP contribution < -0.4 is 5.56 Å². The molecule has 0 bridgehead atoms. The van der Waals surface area contributed by atoms with E-state index in [1.807, 2.05) is 12.1 Å². The highest BCUT2D eigenvalue weighted by atomic mass is 16.1. The molecule has 1 aromatic carbocycles. The average Bonchev–Trinajstić information content (AvgIpc) is 2.61. The number of aromatic nitrogens is 2. The molecule has 130 valence electrons. The van der Waals surface area contributed by atoms with Crippen LogP contribution in [0.3, 0.4) is 0 Å². The van der Waals surface area contributed by atoms with Gasteiger partial charge >= 0.3 is 0 Å². The van der Waals surface area contributed by atoms with Crippen molar-refractivity contribution in [3.63, 3.8) is 0 Å². The molecule has 4 nitrogen and oxygen atoms in total. The number of benzene rings is 1. The van der Waals surface area contributed by atoms with Gasteiger partial charge in [-0.1, -0.05) is 19.4 Å². The summed E-state index contributed by atoms with van der Waals surface area (Å²) in [5, 5.41) is 0.751. The van der Waals surface area contributed by atoms with E-state index in [0.29, 0.717) is 12.1 Å². The van der Waals surface area contributed by atoms with Crippen LogP contribution in [0.15, 0.2) is 29.3 Å². The van der Waals surface area contributed by atoms with Crippen LogP contribution in [0.5, 0.6) is 0 Å². The van der Waals surface area contributed by atoms with Gasteiger partial charge < -0.3 is 0 Å². The Hall–Kier alpha value is -1.68. The second-order valence-corrected chi connectivity index (χ2v) is 7.22. The summed E-state index contributed by atoms with van der Waals surface area (Å²) in [6.45, 7) is 8.60. The van der Waals surface area contributed by atoms with Crippen LogP contribution in [0.4, 0.5) is 0 Å². The highest BCUT2D eigenvalue weighted by molar-refractivity contribution is 5.78. The smallest absolute Gasteiger partial charge is 0.261 e. The Labute approximate surface area is 144 Å². The third kappa shape index (κ3) is 3.54. The Kier molecular flexibility index (Phi) is 5.34. The summed E-state index contributed by atoms with van der Waals surface area (Å²) in [5.74, 6) is 0. The van der Waals surface area contributed by atoms with Crippen molar-refractivity contribution in [1.82, 2.24) is 14.5 Å². The topological polar surface area (TPSA) is 38.1 Å². The predicted molar refractivity (Wildman–Crippen MR) is 99.5 cm³/mol. The molecule has 0 radical (unpaired) electrons. The van der Waals surface area contributed by atoms with Crippen LogP contribution >= 0.6 is 0 Å². The standard InChI is InChI=1S/C20H29N3O/c1-4-16-8-9-19-18(13-16)20(24)22(14-21-19)12-10-17-7-5-6-11-23(17)15(2)3/h8-9,13-15,17H,4-7,10-12H2,1-3H3/t17-/m0/s1. The first-order valence-electron chi connectivity index (χ1n) is 9.34. The maximum absolute atomic E-state index is 12.8. The fourth-order valence-corrected chi connectivity index (χ4v) is 3.89. The number of nitrogens with zero attached hydrogens (tertiary/aromatic N) is 3. The van der Waals surface area contributed by atoms with Gasteiger partial charge in [0.15, 0.2) is 0 Å². The third-order valence-corrected chi connectivity index (χ3v) is 5.34. The number of rotatable bonds is 5. The molecule has 1 atom stereocenters. The van der Waals surface area contributed by atoms with Crippen LogP contribution in [-0.2, 0) is 13.0 Å². The largest absolute Gasteiger partial charge is 0.299 e. The zero-order chi connectivity index (χ0) is 17.1. The van der Waals surface area contributed by atoms with Crippen molar-refractivity contribution in [3.8, 4) is 0 Å². The number of likely N-dealkylation sites (tertiary alicyclic amines) is 1. The first kappa shape index (κ1) is 17.2. The Morgan fingerprint density at radius 2 is 2.12 bits per heavy atom. The highest BCUT2D eigenvalue weighted by Crippen LogP contribution is 2.22. The number of fused-ring (bicyclic) bond motifs is 1. The number of hydrogen-bond acceptors (Lipinski definition) is 3. The van der Waals surface area contributed by atoms with Gasteiger partial charge in [0, 0.05) is 18.6 Å². The van der Waals surface area contributed by atoms with Gasteiger partial charge in [0.1, 0.15) is 0 Å². The quantitative estimate of drug-likeness (QED) is 0.842. The van der Waals surface area contributed by atoms with E-state index in [2.05, 4.69) is 36.7 Å². The summed E-state index contributed by atoms with van der Waals surface area (Å²) < 4.78 is 1.80. The minimum atomic E-state index is 0.0993. The molecule has 1 aromatic heterocycles. The van der Waals surface area contributed by atoms with Gasteiger partial charge in [-0.25, -0.2) is 4.98 Å². The van der Waals surface area contributed by atoms with Gasteiger partial charge in [0.25, 0.3) is 5.56 Å². The molecule has 4 heteroatoms. The number of hydrogen-bond donors (Lipinski definition) is 0. The Bertz CT molecular complexity index is 750. The molecule has 24 heavy (non-hydrogen) atoms. The van der Waals surface area contributed by atoms with Crippen LogP contribution in [0.25, 0.3) is 10.9 Å². The van der Waals surface area contributed by atoms with Gasteiger partial charge in [0.05, 0.1) is 17.2 Å². The Morgan fingerprint density at radius 3 is 2.88 bits per heavy atom. The fourth-order valence-electron chi connectivity index (χ4n) is 3.89. The molecule has 1 fully saturated rings. The van der Waals surface area contributed by atoms with Gasteiger partial charge in [-0.05, 0) is 63.8 Å². The lowest BCUT2D eigenvalue weighted by Crippen LogP contribution is -2.44. The molecule has 0 aliphatic carbocycles. The van der Waals surface area contributed by atoms with E-state index < -0.39 is 0 Å². The van der Waals surface area contributed by atoms with Crippen molar-refractivity contribution >= 4 is 10.9 Å². The number of aryl methyl sites for hydroxylation is 2. The van der Waals surface area contributed by atoms with Crippen molar-refractivity contribution < 1.29 is 0 Å². The number of piperidine rings is 1. The van der Waals surface area contributed by atoms with Crippen LogP contribution in [0.1, 0.15) is 52.0 Å². The average molecular weight is 327 g/mol. The van der Waals surface area contributed by atoms with Crippen molar-refractivity contribution in [2.45, 2.75) is 71.5 Å². The Morgan fingerprint density at radius 1 is 1.29 bits per heavy atom. The first-order chi connectivity index (χ1) is 11.6. The summed E-state index contributed by atoms with van der Waals surface area (Å²) in [6.07, 6.45) is 7.53. The second kappa shape index (κ2) is 7.47. The lowest BCUT2D eigenvalue weighted by molar-refractivity contribution is 0.102. The summed E-state index contributed by atoms with van der Waals surface area (Å²) >= 11 is 0. The summed E-state index contributed by atoms with van der Waals surface area (Å²) in [5.41, 5.74) is 2.09. The highest BCUT2D eigenvalue weighted by Gasteiger charge is 2.24. The van der Waals surface area contributed by atoms with E-state index in [9.17, 15) is 4.79 Å². The van der Waals surface area contributed by atoms with Gasteiger partial charge in [-0.3, -0.25) is 14.3 Å². The normalized spacial score (nSPS) is 19.2. The van der Waals surface area contributed by atoms with Gasteiger partial charge in [0.2, 0.25) is 0 Å². The Balaban J connectivity index is 1.79. The van der Waals surface area contributed by atoms with Gasteiger partial charge in [-0.15, -0.1) is 0 Å². The van der Waals surface area contributed by atoms with E-state index in [-0.39, 0.29) is 5.56 Å².